The summed E-state index contributed by atoms with van der Waals surface area (Å²) >= 11 is 0. The molecule has 0 heterocycles. The summed E-state index contributed by atoms with van der Waals surface area (Å²) in [7, 11) is 0. The zero-order valence-electron chi connectivity index (χ0n) is 35.8. The second-order valence-electron chi connectivity index (χ2n) is 16.3. The Labute approximate surface area is 327 Å². The van der Waals surface area contributed by atoms with E-state index in [9.17, 15) is 5.11 Å². The molecule has 0 spiro atoms. The van der Waals surface area contributed by atoms with Crippen LogP contribution in [0.15, 0.2) is 0 Å². The van der Waals surface area contributed by atoms with Crippen LogP contribution in [-0.4, -0.2) is 37.6 Å². The predicted molar refractivity (Wildman–Crippen MR) is 226 cm³/mol. The molecule has 0 radical (unpaired) electrons. The van der Waals surface area contributed by atoms with Gasteiger partial charge in [0.1, 0.15) is 19.3 Å². The molecule has 5 heteroatoms. The Hall–Kier alpha value is -0.200. The number of hydrogen-bond donors (Lipinski definition) is 1. The highest BCUT2D eigenvalue weighted by molar-refractivity contribution is 4.53. The van der Waals surface area contributed by atoms with E-state index in [1.807, 2.05) is 0 Å². The maximum Gasteiger partial charge on any atom is 0.110 e. The monoisotopic (exact) mass is 741 g/mol. The Morgan fingerprint density at radius 1 is 0.250 bits per heavy atom. The van der Waals surface area contributed by atoms with Gasteiger partial charge in [0.15, 0.2) is 0 Å². The first-order chi connectivity index (χ1) is 25.8. The summed E-state index contributed by atoms with van der Waals surface area (Å²) in [4.78, 5) is 20.8. The smallest absolute Gasteiger partial charge is 0.110 e. The van der Waals surface area contributed by atoms with Crippen LogP contribution in [0.3, 0.4) is 0 Å². The van der Waals surface area contributed by atoms with Gasteiger partial charge in [0.2, 0.25) is 0 Å². The molecule has 0 amide bonds. The first-order valence-corrected chi connectivity index (χ1v) is 24.0. The van der Waals surface area contributed by atoms with Gasteiger partial charge in [-0.25, -0.2) is 19.6 Å². The average Bonchev–Trinajstić information content (AvgIpc) is 3.15. The quantitative estimate of drug-likeness (QED) is 0.0382. The van der Waals surface area contributed by atoms with Crippen LogP contribution < -0.4 is 0 Å². The van der Waals surface area contributed by atoms with Gasteiger partial charge in [-0.3, -0.25) is 0 Å². The van der Waals surface area contributed by atoms with Crippen LogP contribution >= 0.6 is 0 Å². The van der Waals surface area contributed by atoms with E-state index in [1.165, 1.54) is 244 Å². The predicted octanol–water partition coefficient (Wildman–Crippen LogP) is 15.9. The van der Waals surface area contributed by atoms with E-state index in [2.05, 4.69) is 13.8 Å². The minimum absolute atomic E-state index is 0.113. The number of hydrogen-bond acceptors (Lipinski definition) is 5. The third kappa shape index (κ3) is 47.8. The molecule has 0 saturated heterocycles. The van der Waals surface area contributed by atoms with Crippen LogP contribution in [-0.2, 0) is 19.6 Å². The molecule has 0 fully saturated rings. The highest BCUT2D eigenvalue weighted by Gasteiger charge is 2.06. The highest BCUT2D eigenvalue weighted by atomic mass is 17.2. The van der Waals surface area contributed by atoms with E-state index >= 15 is 0 Å². The molecule has 0 rings (SSSR count). The van der Waals surface area contributed by atoms with Gasteiger partial charge in [-0.05, 0) is 12.8 Å². The third-order valence-corrected chi connectivity index (χ3v) is 10.8. The fourth-order valence-corrected chi connectivity index (χ4v) is 7.25. The fourth-order valence-electron chi connectivity index (χ4n) is 7.25. The molecule has 1 N–H and O–H groups in total. The maximum absolute atomic E-state index is 9.98. The molecule has 314 valence electrons. The second-order valence-corrected chi connectivity index (χ2v) is 16.3. The Morgan fingerprint density at radius 3 is 0.615 bits per heavy atom. The Bertz CT molecular complexity index is 552. The van der Waals surface area contributed by atoms with Gasteiger partial charge in [-0.15, -0.1) is 0 Å². The van der Waals surface area contributed by atoms with Crippen LogP contribution in [0.4, 0.5) is 0 Å². The van der Waals surface area contributed by atoms with Gasteiger partial charge in [-0.1, -0.05) is 258 Å². The highest BCUT2D eigenvalue weighted by Crippen LogP contribution is 2.16. The van der Waals surface area contributed by atoms with Crippen molar-refractivity contribution in [2.24, 2.45) is 0 Å². The number of unbranched alkanes of at least 4 members (excludes halogenated alkanes) is 38. The first-order valence-electron chi connectivity index (χ1n) is 24.0. The lowest BCUT2D eigenvalue weighted by atomic mass is 10.0. The van der Waals surface area contributed by atoms with Crippen molar-refractivity contribution in [1.29, 1.82) is 0 Å². The molecule has 0 aromatic carbocycles. The van der Waals surface area contributed by atoms with Crippen LogP contribution in [0.5, 0.6) is 0 Å². The first kappa shape index (κ1) is 51.8. The molecule has 0 bridgehead atoms. The van der Waals surface area contributed by atoms with Crippen molar-refractivity contribution in [1.82, 2.24) is 0 Å². The van der Waals surface area contributed by atoms with Crippen LogP contribution in [0, 0.1) is 0 Å². The zero-order valence-corrected chi connectivity index (χ0v) is 35.8. The Morgan fingerprint density at radius 2 is 0.423 bits per heavy atom. The van der Waals surface area contributed by atoms with Crippen molar-refractivity contribution in [2.75, 3.05) is 26.4 Å². The van der Waals surface area contributed by atoms with Crippen molar-refractivity contribution in [3.63, 3.8) is 0 Å². The van der Waals surface area contributed by atoms with Crippen LogP contribution in [0.2, 0.25) is 0 Å². The SMILES string of the molecule is CCCCCCCCCCCCCCCCCCCCCCOOCC(O)COOCCCCCCCCCCCCCCCCCCCCCC. The molecule has 0 aliphatic rings. The van der Waals surface area contributed by atoms with E-state index in [1.54, 1.807) is 0 Å². The van der Waals surface area contributed by atoms with Gasteiger partial charge < -0.3 is 5.11 Å². The van der Waals surface area contributed by atoms with Crippen molar-refractivity contribution < 1.29 is 24.7 Å². The summed E-state index contributed by atoms with van der Waals surface area (Å²) in [5.41, 5.74) is 0. The molecule has 0 aromatic rings. The molecule has 0 atom stereocenters. The second kappa shape index (κ2) is 48.8. The molecule has 52 heavy (non-hydrogen) atoms. The molecular weight excluding hydrogens is 645 g/mol. The maximum atomic E-state index is 9.98. The van der Waals surface area contributed by atoms with E-state index < -0.39 is 6.10 Å². The molecule has 0 aliphatic heterocycles. The van der Waals surface area contributed by atoms with E-state index in [0.29, 0.717) is 13.2 Å². The molecule has 0 aromatic heterocycles. The number of aliphatic hydroxyl groups excluding tert-OH is 1. The Balaban J connectivity index is 3.14. The van der Waals surface area contributed by atoms with Gasteiger partial charge in [0.05, 0.1) is 13.2 Å². The number of aliphatic hydroxyl groups is 1. The van der Waals surface area contributed by atoms with Crippen molar-refractivity contribution in [3.8, 4) is 0 Å². The number of rotatable bonds is 48. The molecular formula is C47H96O5. The standard InChI is InChI=1S/C47H96O5/c1-3-5-7-9-11-13-15-17-19-21-23-25-27-29-31-33-35-37-39-41-43-49-51-45-47(48)46-52-50-44-42-40-38-36-34-32-30-28-26-24-22-20-18-16-14-12-10-8-6-4-2/h47-48H,3-46H2,1-2H3. The summed E-state index contributed by atoms with van der Waals surface area (Å²) in [6.45, 7) is 5.99. The van der Waals surface area contributed by atoms with Gasteiger partial charge in [0.25, 0.3) is 0 Å². The minimum Gasteiger partial charge on any atom is -0.388 e. The topological polar surface area (TPSA) is 57.2 Å². The van der Waals surface area contributed by atoms with Gasteiger partial charge in [-0.2, -0.15) is 0 Å². The summed E-state index contributed by atoms with van der Waals surface area (Å²) in [5, 5.41) is 9.98. The molecule has 0 aliphatic carbocycles. The van der Waals surface area contributed by atoms with Crippen LogP contribution in [0.1, 0.15) is 271 Å². The summed E-state index contributed by atoms with van der Waals surface area (Å²) in [6, 6.07) is 0. The summed E-state index contributed by atoms with van der Waals surface area (Å²) in [5.74, 6) is 0. The van der Waals surface area contributed by atoms with E-state index in [4.69, 9.17) is 19.6 Å². The van der Waals surface area contributed by atoms with Crippen molar-refractivity contribution in [2.45, 2.75) is 277 Å². The summed E-state index contributed by atoms with van der Waals surface area (Å²) < 4.78 is 0. The summed E-state index contributed by atoms with van der Waals surface area (Å²) in [6.07, 6.45) is 54.6. The van der Waals surface area contributed by atoms with E-state index in [-0.39, 0.29) is 13.2 Å². The lowest BCUT2D eigenvalue weighted by Crippen LogP contribution is -2.22. The lowest BCUT2D eigenvalue weighted by Gasteiger charge is -2.10. The van der Waals surface area contributed by atoms with Crippen molar-refractivity contribution >= 4 is 0 Å². The van der Waals surface area contributed by atoms with Crippen molar-refractivity contribution in [3.05, 3.63) is 0 Å². The minimum atomic E-state index is -0.732. The van der Waals surface area contributed by atoms with E-state index in [0.717, 1.165) is 12.8 Å². The largest absolute Gasteiger partial charge is 0.388 e. The molecule has 0 saturated carbocycles. The third-order valence-electron chi connectivity index (χ3n) is 10.8. The lowest BCUT2D eigenvalue weighted by molar-refractivity contribution is -0.332. The molecule has 0 unspecified atom stereocenters. The Kier molecular flexibility index (Phi) is 48.6. The zero-order chi connectivity index (χ0) is 37.5. The average molecular weight is 741 g/mol. The molecule has 5 nitrogen and oxygen atoms in total. The van der Waals surface area contributed by atoms with Gasteiger partial charge in [0, 0.05) is 0 Å². The fraction of sp³-hybridized carbons (Fsp3) is 1.00. The van der Waals surface area contributed by atoms with Gasteiger partial charge >= 0.3 is 0 Å². The van der Waals surface area contributed by atoms with Crippen LogP contribution in [0.25, 0.3) is 0 Å². The normalized spacial score (nSPS) is 11.8.